The van der Waals surface area contributed by atoms with Crippen LogP contribution in [0.5, 0.6) is 0 Å². The molecule has 0 aromatic carbocycles. The summed E-state index contributed by atoms with van der Waals surface area (Å²) in [7, 11) is 0. The summed E-state index contributed by atoms with van der Waals surface area (Å²) < 4.78 is 1.14. The van der Waals surface area contributed by atoms with E-state index in [2.05, 4.69) is 5.10 Å². The van der Waals surface area contributed by atoms with E-state index >= 15 is 0 Å². The summed E-state index contributed by atoms with van der Waals surface area (Å²) >= 11 is 0. The first-order chi connectivity index (χ1) is 5.83. The molecule has 0 N–H and O–H groups in total. The van der Waals surface area contributed by atoms with Crippen molar-refractivity contribution in [3.05, 3.63) is 12.3 Å². The molecule has 1 aromatic heterocycles. The number of aromatic nitrogens is 2. The fourth-order valence-corrected chi connectivity index (χ4v) is 1.13. The fraction of sp³-hybridized carbons (Fsp3) is 0.286. The van der Waals surface area contributed by atoms with E-state index in [1.165, 1.54) is 11.1 Å². The maximum atomic E-state index is 11.0. The zero-order chi connectivity index (χ0) is 8.55. The van der Waals surface area contributed by atoms with Crippen molar-refractivity contribution in [1.82, 2.24) is 9.78 Å². The van der Waals surface area contributed by atoms with Crippen LogP contribution in [0.25, 0.3) is 0 Å². The Morgan fingerprint density at radius 3 is 3.00 bits per heavy atom. The second-order valence-corrected chi connectivity index (χ2v) is 2.50. The minimum absolute atomic E-state index is 0.0481. The van der Waals surface area contributed by atoms with Crippen molar-refractivity contribution in [1.29, 1.82) is 5.26 Å². The van der Waals surface area contributed by atoms with Gasteiger partial charge < -0.3 is 0 Å². The van der Waals surface area contributed by atoms with Crippen molar-refractivity contribution in [3.8, 4) is 6.19 Å². The van der Waals surface area contributed by atoms with Crippen LogP contribution in [0.3, 0.4) is 0 Å². The predicted molar refractivity (Wildman–Crippen MR) is 40.2 cm³/mol. The molecule has 0 aliphatic carbocycles. The fourth-order valence-electron chi connectivity index (χ4n) is 1.13. The number of hydrogen-bond acceptors (Lipinski definition) is 3. The zero-order valence-electron chi connectivity index (χ0n) is 6.27. The molecule has 1 fully saturated rings. The van der Waals surface area contributed by atoms with Crippen molar-refractivity contribution in [3.63, 3.8) is 0 Å². The minimum atomic E-state index is 0.0481. The molecule has 0 bridgehead atoms. The van der Waals surface area contributed by atoms with Gasteiger partial charge in [0.2, 0.25) is 12.1 Å². The predicted octanol–water partition coefficient (Wildman–Crippen LogP) is -0.0510. The van der Waals surface area contributed by atoms with Crippen molar-refractivity contribution in [2.45, 2.75) is 6.42 Å². The number of nitrogens with zero attached hydrogens (tertiary/aromatic N) is 4. The molecular formula is C7H6N4O. The number of hydrogen-bond donors (Lipinski definition) is 0. The smallest absolute Gasteiger partial charge is 0.229 e. The Morgan fingerprint density at radius 1 is 1.67 bits per heavy atom. The highest BCUT2D eigenvalue weighted by atomic mass is 16.2. The summed E-state index contributed by atoms with van der Waals surface area (Å²) in [6.45, 7) is 0.687. The first kappa shape index (κ1) is 6.85. The van der Waals surface area contributed by atoms with Crippen LogP contribution in [-0.2, 0) is 4.79 Å². The van der Waals surface area contributed by atoms with Crippen LogP contribution < -0.4 is 4.90 Å². The second-order valence-electron chi connectivity index (χ2n) is 2.50. The van der Waals surface area contributed by atoms with Crippen molar-refractivity contribution in [2.75, 3.05) is 11.4 Å². The third kappa shape index (κ3) is 0.782. The summed E-state index contributed by atoms with van der Waals surface area (Å²) in [5.41, 5.74) is 0. The first-order valence-corrected chi connectivity index (χ1v) is 3.57. The summed E-state index contributed by atoms with van der Waals surface area (Å²) in [5, 5.41) is 12.3. The minimum Gasteiger partial charge on any atom is -0.295 e. The van der Waals surface area contributed by atoms with Gasteiger partial charge in [0.1, 0.15) is 5.82 Å². The Labute approximate surface area is 68.8 Å². The Morgan fingerprint density at radius 2 is 2.50 bits per heavy atom. The Bertz CT molecular complexity index is 362. The average Bonchev–Trinajstić information content (AvgIpc) is 2.50. The van der Waals surface area contributed by atoms with E-state index in [0.717, 1.165) is 4.68 Å². The Hall–Kier alpha value is -1.83. The van der Waals surface area contributed by atoms with Gasteiger partial charge in [-0.3, -0.25) is 9.69 Å². The summed E-state index contributed by atoms with van der Waals surface area (Å²) in [4.78, 5) is 12.5. The van der Waals surface area contributed by atoms with Crippen LogP contribution in [0.2, 0.25) is 0 Å². The lowest BCUT2D eigenvalue weighted by Crippen LogP contribution is -2.44. The van der Waals surface area contributed by atoms with Crippen LogP contribution in [0.4, 0.5) is 5.82 Å². The Balaban J connectivity index is 2.34. The number of β-lactam (4-membered cyclic amide) rings is 1. The third-order valence-electron chi connectivity index (χ3n) is 1.84. The van der Waals surface area contributed by atoms with E-state index < -0.39 is 0 Å². The molecule has 0 radical (unpaired) electrons. The monoisotopic (exact) mass is 162 g/mol. The van der Waals surface area contributed by atoms with Crippen molar-refractivity contribution < 1.29 is 4.79 Å². The van der Waals surface area contributed by atoms with Gasteiger partial charge in [-0.25, -0.2) is 0 Å². The molecule has 1 aliphatic rings. The number of carbonyl (C=O) groups is 1. The molecule has 2 heterocycles. The highest BCUT2D eigenvalue weighted by Crippen LogP contribution is 2.19. The van der Waals surface area contributed by atoms with E-state index in [0.29, 0.717) is 18.8 Å². The standard InChI is InChI=1S/C7H6N4O/c8-5-11-6(1-3-9-11)10-4-2-7(10)12/h1,3H,2,4H2. The molecular weight excluding hydrogens is 156 g/mol. The topological polar surface area (TPSA) is 61.9 Å². The molecule has 1 amide bonds. The number of anilines is 1. The highest BCUT2D eigenvalue weighted by molar-refractivity contribution is 5.98. The molecule has 1 aliphatic heterocycles. The van der Waals surface area contributed by atoms with Gasteiger partial charge in [0.15, 0.2) is 0 Å². The third-order valence-corrected chi connectivity index (χ3v) is 1.84. The maximum absolute atomic E-state index is 11.0. The molecule has 5 nitrogen and oxygen atoms in total. The van der Waals surface area contributed by atoms with E-state index in [1.54, 1.807) is 6.07 Å². The van der Waals surface area contributed by atoms with Crippen LogP contribution in [-0.4, -0.2) is 22.2 Å². The molecule has 12 heavy (non-hydrogen) atoms. The van der Waals surface area contributed by atoms with Gasteiger partial charge in [-0.05, 0) is 0 Å². The number of nitriles is 1. The summed E-state index contributed by atoms with van der Waals surface area (Å²) in [6.07, 6.45) is 3.93. The molecule has 0 spiro atoms. The van der Waals surface area contributed by atoms with Gasteiger partial charge in [-0.2, -0.15) is 10.4 Å². The van der Waals surface area contributed by atoms with E-state index in [9.17, 15) is 4.79 Å². The first-order valence-electron chi connectivity index (χ1n) is 3.57. The number of carbonyl (C=O) groups excluding carboxylic acids is 1. The molecule has 0 atom stereocenters. The molecule has 60 valence electrons. The van der Waals surface area contributed by atoms with Crippen molar-refractivity contribution >= 4 is 11.7 Å². The SMILES string of the molecule is N#Cn1nccc1N1CCC1=O. The lowest BCUT2D eigenvalue weighted by Gasteiger charge is -2.29. The van der Waals surface area contributed by atoms with E-state index in [1.807, 2.05) is 6.19 Å². The quantitative estimate of drug-likeness (QED) is 0.544. The molecule has 0 unspecified atom stereocenters. The van der Waals surface area contributed by atoms with Crippen LogP contribution in [0.15, 0.2) is 12.3 Å². The largest absolute Gasteiger partial charge is 0.295 e. The van der Waals surface area contributed by atoms with Gasteiger partial charge in [-0.1, -0.05) is 0 Å². The van der Waals surface area contributed by atoms with Gasteiger partial charge in [0, 0.05) is 19.0 Å². The van der Waals surface area contributed by atoms with Gasteiger partial charge in [0.25, 0.3) is 0 Å². The van der Waals surface area contributed by atoms with E-state index in [-0.39, 0.29) is 5.91 Å². The Kier molecular flexibility index (Phi) is 1.34. The van der Waals surface area contributed by atoms with E-state index in [4.69, 9.17) is 5.26 Å². The molecule has 2 rings (SSSR count). The molecule has 1 aromatic rings. The summed E-state index contributed by atoms with van der Waals surface area (Å²) in [6, 6.07) is 1.65. The number of rotatable bonds is 1. The van der Waals surface area contributed by atoms with Crippen LogP contribution in [0.1, 0.15) is 6.42 Å². The molecule has 5 heteroatoms. The highest BCUT2D eigenvalue weighted by Gasteiger charge is 2.27. The van der Waals surface area contributed by atoms with Gasteiger partial charge >= 0.3 is 0 Å². The number of amides is 1. The van der Waals surface area contributed by atoms with Gasteiger partial charge in [-0.15, -0.1) is 4.68 Å². The lowest BCUT2D eigenvalue weighted by molar-refractivity contribution is -0.122. The van der Waals surface area contributed by atoms with Crippen LogP contribution >= 0.6 is 0 Å². The lowest BCUT2D eigenvalue weighted by atomic mass is 10.2. The van der Waals surface area contributed by atoms with Crippen molar-refractivity contribution in [2.24, 2.45) is 0 Å². The normalized spacial score (nSPS) is 15.6. The molecule has 0 saturated carbocycles. The maximum Gasteiger partial charge on any atom is 0.229 e. The van der Waals surface area contributed by atoms with Crippen LogP contribution in [0, 0.1) is 11.5 Å². The van der Waals surface area contributed by atoms with Gasteiger partial charge in [0.05, 0.1) is 6.20 Å². The molecule has 1 saturated heterocycles. The summed E-state index contributed by atoms with van der Waals surface area (Å²) in [5.74, 6) is 0.612. The average molecular weight is 162 g/mol. The second kappa shape index (κ2) is 2.34. The zero-order valence-corrected chi connectivity index (χ0v) is 6.27.